The molecule has 0 atom stereocenters. The molecule has 0 amide bonds. The summed E-state index contributed by atoms with van der Waals surface area (Å²) in [7, 11) is 0. The second kappa shape index (κ2) is 8.68. The summed E-state index contributed by atoms with van der Waals surface area (Å²) in [6, 6.07) is 5.64. The predicted molar refractivity (Wildman–Crippen MR) is 57.9 cm³/mol. The van der Waals surface area contributed by atoms with Crippen molar-refractivity contribution in [3.63, 3.8) is 0 Å². The molecule has 0 aliphatic carbocycles. The van der Waals surface area contributed by atoms with Crippen molar-refractivity contribution >= 4 is 17.9 Å². The second-order valence-electron chi connectivity index (χ2n) is 3.46. The minimum atomic E-state index is -1.23. The van der Waals surface area contributed by atoms with Crippen molar-refractivity contribution in [3.8, 4) is 0 Å². The topological polar surface area (TPSA) is 104 Å². The maximum atomic E-state index is 11.6. The van der Waals surface area contributed by atoms with Gasteiger partial charge in [0.05, 0.1) is 17.7 Å². The molecule has 1 rings (SSSR count). The Balaban J connectivity index is 0.00000324. The molecule has 96 valence electrons. The molecule has 1 aromatic rings. The number of esters is 1. The largest absolute Gasteiger partial charge is 1.00 e. The number of aliphatic carboxylic acids is 1. The van der Waals surface area contributed by atoms with Gasteiger partial charge in [-0.3, -0.25) is 0 Å². The molecule has 0 unspecified atom stereocenters. The summed E-state index contributed by atoms with van der Waals surface area (Å²) in [6.45, 7) is -0.0965. The van der Waals surface area contributed by atoms with Crippen molar-refractivity contribution < 1.29 is 58.9 Å². The number of benzene rings is 1. The normalized spacial score (nSPS) is 9.26. The molecule has 1 N–H and O–H groups in total. The molecule has 0 spiro atoms. The van der Waals surface area contributed by atoms with E-state index in [1.54, 1.807) is 0 Å². The molecule has 7 heteroatoms. The van der Waals surface area contributed by atoms with Crippen molar-refractivity contribution in [1.29, 1.82) is 0 Å². The summed E-state index contributed by atoms with van der Waals surface area (Å²) >= 11 is 0. The van der Waals surface area contributed by atoms with E-state index in [4.69, 9.17) is 9.84 Å². The summed E-state index contributed by atoms with van der Waals surface area (Å²) < 4.78 is 4.78. The van der Waals surface area contributed by atoms with Gasteiger partial charge >= 0.3 is 41.5 Å². The molecule has 0 aliphatic heterocycles. The van der Waals surface area contributed by atoms with E-state index in [-0.39, 0.29) is 60.1 Å². The maximum absolute atomic E-state index is 11.6. The molecule has 1 aromatic carbocycles. The zero-order valence-corrected chi connectivity index (χ0v) is 12.4. The fourth-order valence-corrected chi connectivity index (χ4v) is 1.31. The number of carboxylic acid groups (broad SMARTS) is 2. The first-order chi connectivity index (χ1) is 8.52. The van der Waals surface area contributed by atoms with Crippen molar-refractivity contribution in [3.05, 3.63) is 35.4 Å². The van der Waals surface area contributed by atoms with E-state index < -0.39 is 17.9 Å². The van der Waals surface area contributed by atoms with Gasteiger partial charge in [-0.25, -0.2) is 9.59 Å². The zero-order valence-electron chi connectivity index (χ0n) is 10.4. The number of hydrogen-bond donors (Lipinski definition) is 1. The van der Waals surface area contributed by atoms with Crippen molar-refractivity contribution in [1.82, 2.24) is 0 Å². The fraction of sp³-hybridized carbons (Fsp3) is 0.250. The molecule has 0 heterocycles. The Kier molecular flexibility index (Phi) is 8.06. The summed E-state index contributed by atoms with van der Waals surface area (Å²) in [5, 5.41) is 19.0. The van der Waals surface area contributed by atoms with Crippen LogP contribution in [0.15, 0.2) is 24.3 Å². The van der Waals surface area contributed by atoms with Crippen LogP contribution in [-0.4, -0.2) is 29.6 Å². The smallest absolute Gasteiger partial charge is 0.550 e. The molecule has 19 heavy (non-hydrogen) atoms. The first-order valence-electron chi connectivity index (χ1n) is 5.21. The fourth-order valence-electron chi connectivity index (χ4n) is 1.31. The monoisotopic (exact) mass is 274 g/mol. The van der Waals surface area contributed by atoms with Crippen LogP contribution >= 0.6 is 0 Å². The predicted octanol–water partition coefficient (Wildman–Crippen LogP) is -2.92. The molecular formula is C12H11NaO6. The van der Waals surface area contributed by atoms with Crippen LogP contribution in [0.4, 0.5) is 0 Å². The van der Waals surface area contributed by atoms with Gasteiger partial charge in [-0.2, -0.15) is 0 Å². The van der Waals surface area contributed by atoms with Crippen LogP contribution in [0.5, 0.6) is 0 Å². The number of rotatable bonds is 6. The van der Waals surface area contributed by atoms with Gasteiger partial charge in [0, 0.05) is 5.97 Å². The average Bonchev–Trinajstić information content (AvgIpc) is 2.34. The minimum Gasteiger partial charge on any atom is -0.550 e. The third-order valence-electron chi connectivity index (χ3n) is 2.14. The third-order valence-corrected chi connectivity index (χ3v) is 2.14. The maximum Gasteiger partial charge on any atom is 1.00 e. The number of carboxylic acids is 2. The van der Waals surface area contributed by atoms with Crippen molar-refractivity contribution in [2.75, 3.05) is 6.61 Å². The Bertz CT molecular complexity index is 471. The Morgan fingerprint density at radius 3 is 2.26 bits per heavy atom. The Morgan fingerprint density at radius 1 is 1.16 bits per heavy atom. The first-order valence-corrected chi connectivity index (χ1v) is 5.21. The Labute approximate surface area is 131 Å². The van der Waals surface area contributed by atoms with E-state index in [0.29, 0.717) is 0 Å². The number of ether oxygens (including phenoxy) is 1. The van der Waals surface area contributed by atoms with Crippen LogP contribution in [0.1, 0.15) is 33.6 Å². The van der Waals surface area contributed by atoms with Gasteiger partial charge in [0.15, 0.2) is 0 Å². The zero-order chi connectivity index (χ0) is 13.5. The first kappa shape index (κ1) is 17.6. The standard InChI is InChI=1S/C12H12O6.Na/c13-10(14)6-3-7-18-12(17)9-5-2-1-4-8(9)11(15)16;/h1-2,4-5H,3,6-7H2,(H,13,14)(H,15,16);/q;+1/p-1. The van der Waals surface area contributed by atoms with E-state index >= 15 is 0 Å². The van der Waals surface area contributed by atoms with Gasteiger partial charge in [0.2, 0.25) is 0 Å². The van der Waals surface area contributed by atoms with Gasteiger partial charge < -0.3 is 19.7 Å². The quantitative estimate of drug-likeness (QED) is 0.338. The van der Waals surface area contributed by atoms with E-state index in [2.05, 4.69) is 0 Å². The molecule has 0 aliphatic rings. The van der Waals surface area contributed by atoms with Gasteiger partial charge in [-0.15, -0.1) is 0 Å². The van der Waals surface area contributed by atoms with Crippen LogP contribution in [0.3, 0.4) is 0 Å². The number of hydrogen-bond acceptors (Lipinski definition) is 5. The molecule has 0 aromatic heterocycles. The third kappa shape index (κ3) is 5.87. The molecule has 0 saturated carbocycles. The number of carbonyl (C=O) groups excluding carboxylic acids is 2. The average molecular weight is 274 g/mol. The van der Waals surface area contributed by atoms with Crippen LogP contribution in [-0.2, 0) is 9.53 Å². The summed E-state index contributed by atoms with van der Waals surface area (Å²) in [4.78, 5) is 32.5. The van der Waals surface area contributed by atoms with Crippen molar-refractivity contribution in [2.45, 2.75) is 12.8 Å². The van der Waals surface area contributed by atoms with E-state index in [1.165, 1.54) is 24.3 Å². The molecule has 0 bridgehead atoms. The Hall–Kier alpha value is -1.37. The van der Waals surface area contributed by atoms with Gasteiger partial charge in [-0.1, -0.05) is 12.1 Å². The van der Waals surface area contributed by atoms with Crippen LogP contribution in [0, 0.1) is 0 Å². The van der Waals surface area contributed by atoms with E-state index in [9.17, 15) is 19.5 Å². The van der Waals surface area contributed by atoms with Crippen LogP contribution < -0.4 is 34.7 Å². The summed E-state index contributed by atoms with van der Waals surface area (Å²) in [5.41, 5.74) is -0.208. The summed E-state index contributed by atoms with van der Waals surface area (Å²) in [6.07, 6.45) is -0.0861. The SMILES string of the molecule is O=C([O-])CCCOC(=O)c1ccccc1C(=O)O.[Na+]. The Morgan fingerprint density at radius 2 is 1.74 bits per heavy atom. The van der Waals surface area contributed by atoms with Crippen molar-refractivity contribution in [2.24, 2.45) is 0 Å². The van der Waals surface area contributed by atoms with E-state index in [0.717, 1.165) is 0 Å². The molecule has 0 fully saturated rings. The second-order valence-corrected chi connectivity index (χ2v) is 3.46. The molecule has 6 nitrogen and oxygen atoms in total. The molecule has 0 saturated heterocycles. The number of aromatic carboxylic acids is 1. The van der Waals surface area contributed by atoms with Gasteiger partial charge in [-0.05, 0) is 25.0 Å². The van der Waals surface area contributed by atoms with Crippen LogP contribution in [0.2, 0.25) is 0 Å². The van der Waals surface area contributed by atoms with Crippen LogP contribution in [0.25, 0.3) is 0 Å². The molecule has 0 radical (unpaired) electrons. The summed E-state index contributed by atoms with van der Waals surface area (Å²) in [5.74, 6) is -3.24. The molecular weight excluding hydrogens is 263 g/mol. The minimum absolute atomic E-state index is 0. The number of carbonyl (C=O) groups is 3. The van der Waals surface area contributed by atoms with Gasteiger partial charge in [0.25, 0.3) is 0 Å². The van der Waals surface area contributed by atoms with E-state index in [1.807, 2.05) is 0 Å². The van der Waals surface area contributed by atoms with Gasteiger partial charge in [0.1, 0.15) is 0 Å².